The highest BCUT2D eigenvalue weighted by atomic mass is 16.5. The van der Waals surface area contributed by atoms with Crippen LogP contribution in [0.25, 0.3) is 0 Å². The molecule has 0 fully saturated rings. The SMILES string of the molecule is CC(Oc1ccccc1NCc1nnc2n1CCCC2)c1ccccc1. The predicted molar refractivity (Wildman–Crippen MR) is 102 cm³/mol. The van der Waals surface area contributed by atoms with Gasteiger partial charge in [0, 0.05) is 13.0 Å². The van der Waals surface area contributed by atoms with E-state index >= 15 is 0 Å². The van der Waals surface area contributed by atoms with Gasteiger partial charge in [0.1, 0.15) is 17.7 Å². The van der Waals surface area contributed by atoms with Gasteiger partial charge in [0.05, 0.1) is 12.2 Å². The molecular weight excluding hydrogens is 324 g/mol. The molecule has 4 rings (SSSR count). The van der Waals surface area contributed by atoms with Gasteiger partial charge in [0.15, 0.2) is 5.82 Å². The third-order valence-corrected chi connectivity index (χ3v) is 4.83. The molecule has 0 saturated carbocycles. The number of hydrogen-bond acceptors (Lipinski definition) is 4. The Labute approximate surface area is 154 Å². The monoisotopic (exact) mass is 348 g/mol. The Kier molecular flexibility index (Phi) is 4.86. The van der Waals surface area contributed by atoms with E-state index in [4.69, 9.17) is 4.74 Å². The smallest absolute Gasteiger partial charge is 0.152 e. The highest BCUT2D eigenvalue weighted by Gasteiger charge is 2.16. The molecular formula is C21H24N4O. The number of nitrogens with zero attached hydrogens (tertiary/aromatic N) is 3. The van der Waals surface area contributed by atoms with E-state index in [1.54, 1.807) is 0 Å². The summed E-state index contributed by atoms with van der Waals surface area (Å²) < 4.78 is 8.45. The number of fused-ring (bicyclic) bond motifs is 1. The molecule has 0 aliphatic carbocycles. The molecule has 1 N–H and O–H groups in total. The van der Waals surface area contributed by atoms with Crippen LogP contribution in [0.4, 0.5) is 5.69 Å². The van der Waals surface area contributed by atoms with Crippen molar-refractivity contribution in [2.45, 2.75) is 45.4 Å². The van der Waals surface area contributed by atoms with Crippen molar-refractivity contribution in [1.82, 2.24) is 14.8 Å². The zero-order valence-corrected chi connectivity index (χ0v) is 15.1. The number of rotatable bonds is 6. The molecule has 0 amide bonds. The summed E-state index contributed by atoms with van der Waals surface area (Å²) in [7, 11) is 0. The predicted octanol–water partition coefficient (Wildman–Crippen LogP) is 4.37. The van der Waals surface area contributed by atoms with Crippen molar-refractivity contribution >= 4 is 5.69 Å². The second-order valence-corrected chi connectivity index (χ2v) is 6.66. The third-order valence-electron chi connectivity index (χ3n) is 4.83. The molecule has 26 heavy (non-hydrogen) atoms. The Morgan fingerprint density at radius 3 is 2.73 bits per heavy atom. The van der Waals surface area contributed by atoms with E-state index < -0.39 is 0 Å². The maximum atomic E-state index is 6.21. The highest BCUT2D eigenvalue weighted by molar-refractivity contribution is 5.56. The van der Waals surface area contributed by atoms with E-state index in [9.17, 15) is 0 Å². The van der Waals surface area contributed by atoms with Crippen molar-refractivity contribution in [2.75, 3.05) is 5.32 Å². The Hall–Kier alpha value is -2.82. The molecule has 2 heterocycles. The van der Waals surface area contributed by atoms with Gasteiger partial charge in [-0.05, 0) is 37.5 Å². The van der Waals surface area contributed by atoms with Gasteiger partial charge in [-0.2, -0.15) is 0 Å². The van der Waals surface area contributed by atoms with E-state index in [1.807, 2.05) is 42.5 Å². The van der Waals surface area contributed by atoms with Gasteiger partial charge in [-0.1, -0.05) is 42.5 Å². The average molecular weight is 348 g/mol. The van der Waals surface area contributed by atoms with Crippen LogP contribution in [0.1, 0.15) is 43.1 Å². The highest BCUT2D eigenvalue weighted by Crippen LogP contribution is 2.29. The van der Waals surface area contributed by atoms with Crippen LogP contribution >= 0.6 is 0 Å². The number of ether oxygens (including phenoxy) is 1. The molecule has 0 radical (unpaired) electrons. The van der Waals surface area contributed by atoms with E-state index in [1.165, 1.54) is 12.8 Å². The van der Waals surface area contributed by atoms with Crippen molar-refractivity contribution < 1.29 is 4.74 Å². The lowest BCUT2D eigenvalue weighted by Gasteiger charge is -2.19. The van der Waals surface area contributed by atoms with E-state index in [-0.39, 0.29) is 6.10 Å². The fourth-order valence-corrected chi connectivity index (χ4v) is 3.37. The number of aromatic nitrogens is 3. The minimum atomic E-state index is -0.0139. The summed E-state index contributed by atoms with van der Waals surface area (Å²) in [5.74, 6) is 2.95. The first-order valence-electron chi connectivity index (χ1n) is 9.27. The van der Waals surface area contributed by atoms with Gasteiger partial charge in [-0.3, -0.25) is 0 Å². The van der Waals surface area contributed by atoms with Gasteiger partial charge in [-0.25, -0.2) is 0 Å². The van der Waals surface area contributed by atoms with Crippen molar-refractivity contribution in [3.63, 3.8) is 0 Å². The van der Waals surface area contributed by atoms with Crippen LogP contribution in [0.15, 0.2) is 54.6 Å². The second kappa shape index (κ2) is 7.60. The van der Waals surface area contributed by atoms with Crippen LogP contribution in [0.3, 0.4) is 0 Å². The minimum absolute atomic E-state index is 0.0139. The van der Waals surface area contributed by atoms with Crippen molar-refractivity contribution in [3.05, 3.63) is 71.8 Å². The summed E-state index contributed by atoms with van der Waals surface area (Å²) >= 11 is 0. The first-order valence-corrected chi connectivity index (χ1v) is 9.27. The van der Waals surface area contributed by atoms with Gasteiger partial charge in [0.25, 0.3) is 0 Å². The van der Waals surface area contributed by atoms with Crippen molar-refractivity contribution in [2.24, 2.45) is 0 Å². The van der Waals surface area contributed by atoms with Crippen LogP contribution < -0.4 is 10.1 Å². The van der Waals surface area contributed by atoms with E-state index in [0.29, 0.717) is 6.54 Å². The van der Waals surface area contributed by atoms with Crippen LogP contribution in [0, 0.1) is 0 Å². The fraction of sp³-hybridized carbons (Fsp3) is 0.333. The molecule has 0 saturated heterocycles. The van der Waals surface area contributed by atoms with Gasteiger partial charge < -0.3 is 14.6 Å². The number of benzene rings is 2. The fourth-order valence-electron chi connectivity index (χ4n) is 3.37. The standard InChI is InChI=1S/C21H24N4O/c1-16(17-9-3-2-4-10-17)26-19-12-6-5-11-18(19)22-15-21-24-23-20-13-7-8-14-25(20)21/h2-6,9-12,16,22H,7-8,13-15H2,1H3. The van der Waals surface area contributed by atoms with Crippen LogP contribution in [0.2, 0.25) is 0 Å². The molecule has 1 aromatic heterocycles. The summed E-state index contributed by atoms with van der Waals surface area (Å²) in [6, 6.07) is 18.3. The summed E-state index contributed by atoms with van der Waals surface area (Å²) in [6.07, 6.45) is 3.42. The summed E-state index contributed by atoms with van der Waals surface area (Å²) in [6.45, 7) is 3.73. The lowest BCUT2D eigenvalue weighted by atomic mass is 10.1. The van der Waals surface area contributed by atoms with Crippen LogP contribution in [-0.4, -0.2) is 14.8 Å². The normalized spacial score (nSPS) is 14.5. The maximum absolute atomic E-state index is 6.21. The van der Waals surface area contributed by atoms with Crippen molar-refractivity contribution in [3.8, 4) is 5.75 Å². The molecule has 3 aromatic rings. The molecule has 0 bridgehead atoms. The zero-order valence-electron chi connectivity index (χ0n) is 15.1. The Morgan fingerprint density at radius 1 is 1.04 bits per heavy atom. The third kappa shape index (κ3) is 3.57. The molecule has 5 heteroatoms. The molecule has 5 nitrogen and oxygen atoms in total. The number of para-hydroxylation sites is 2. The lowest BCUT2D eigenvalue weighted by Crippen LogP contribution is -2.15. The Morgan fingerprint density at radius 2 is 1.85 bits per heavy atom. The number of nitrogens with one attached hydrogen (secondary N) is 1. The van der Waals surface area contributed by atoms with Gasteiger partial charge >= 0.3 is 0 Å². The topological polar surface area (TPSA) is 52.0 Å². The Balaban J connectivity index is 1.47. The second-order valence-electron chi connectivity index (χ2n) is 6.66. The van der Waals surface area contributed by atoms with E-state index in [2.05, 4.69) is 39.1 Å². The van der Waals surface area contributed by atoms with Gasteiger partial charge in [-0.15, -0.1) is 10.2 Å². The summed E-state index contributed by atoms with van der Waals surface area (Å²) in [5.41, 5.74) is 2.14. The maximum Gasteiger partial charge on any atom is 0.152 e. The van der Waals surface area contributed by atoms with Crippen LogP contribution in [0.5, 0.6) is 5.75 Å². The molecule has 0 spiro atoms. The first kappa shape index (κ1) is 16.6. The summed E-state index contributed by atoms with van der Waals surface area (Å²) in [5, 5.41) is 12.2. The number of hydrogen-bond donors (Lipinski definition) is 1. The minimum Gasteiger partial charge on any atom is -0.484 e. The van der Waals surface area contributed by atoms with E-state index in [0.717, 1.165) is 41.6 Å². The van der Waals surface area contributed by atoms with Crippen LogP contribution in [-0.2, 0) is 19.5 Å². The first-order chi connectivity index (χ1) is 12.8. The largest absolute Gasteiger partial charge is 0.484 e. The Bertz CT molecular complexity index is 859. The molecule has 2 aromatic carbocycles. The van der Waals surface area contributed by atoms with Crippen molar-refractivity contribution in [1.29, 1.82) is 0 Å². The molecule has 134 valence electrons. The molecule has 1 unspecified atom stereocenters. The number of anilines is 1. The number of aryl methyl sites for hydroxylation is 1. The summed E-state index contributed by atoms with van der Waals surface area (Å²) in [4.78, 5) is 0. The lowest BCUT2D eigenvalue weighted by molar-refractivity contribution is 0.228. The molecule has 1 atom stereocenters. The zero-order chi connectivity index (χ0) is 17.8. The quantitative estimate of drug-likeness (QED) is 0.719. The average Bonchev–Trinajstić information content (AvgIpc) is 3.11. The molecule has 1 aliphatic heterocycles. The molecule has 1 aliphatic rings. The van der Waals surface area contributed by atoms with Gasteiger partial charge in [0.2, 0.25) is 0 Å².